The molecule has 0 saturated carbocycles. The minimum absolute atomic E-state index is 0.236. The molecule has 1 saturated heterocycles. The number of hydrogen-bond donors (Lipinski definition) is 1. The molecule has 1 aliphatic rings. The lowest BCUT2D eigenvalue weighted by molar-refractivity contribution is -0.126. The summed E-state index contributed by atoms with van der Waals surface area (Å²) in [6.07, 6.45) is 4.12. The number of nitrogens with one attached hydrogen (secondary N) is 1. The van der Waals surface area contributed by atoms with Gasteiger partial charge in [-0.25, -0.2) is 17.8 Å². The Bertz CT molecular complexity index is 1300. The summed E-state index contributed by atoms with van der Waals surface area (Å²) in [6, 6.07) is 10.9. The van der Waals surface area contributed by atoms with Gasteiger partial charge in [-0.1, -0.05) is 35.9 Å². The summed E-state index contributed by atoms with van der Waals surface area (Å²) in [4.78, 5) is 17.8. The van der Waals surface area contributed by atoms with Gasteiger partial charge < -0.3 is 9.88 Å². The van der Waals surface area contributed by atoms with Crippen molar-refractivity contribution < 1.29 is 17.6 Å². The van der Waals surface area contributed by atoms with Gasteiger partial charge in [0.05, 0.1) is 4.90 Å². The number of nitrogens with zero attached hydrogens (tertiary/aromatic N) is 3. The van der Waals surface area contributed by atoms with E-state index in [9.17, 15) is 17.6 Å². The lowest BCUT2D eigenvalue weighted by Crippen LogP contribution is -2.44. The molecule has 0 unspecified atom stereocenters. The van der Waals surface area contributed by atoms with E-state index in [2.05, 4.69) is 10.3 Å². The first-order valence-corrected chi connectivity index (χ1v) is 12.7. The van der Waals surface area contributed by atoms with Crippen molar-refractivity contribution in [3.8, 4) is 0 Å². The summed E-state index contributed by atoms with van der Waals surface area (Å²) in [5.74, 6) is -0.515. The fourth-order valence-corrected chi connectivity index (χ4v) is 6.17. The summed E-state index contributed by atoms with van der Waals surface area (Å²) in [5, 5.41) is 2.96. The molecule has 4 rings (SSSR count). The predicted molar refractivity (Wildman–Crippen MR) is 127 cm³/mol. The van der Waals surface area contributed by atoms with E-state index in [1.807, 2.05) is 13.0 Å². The molecule has 1 fully saturated rings. The number of benzene rings is 2. The first-order chi connectivity index (χ1) is 16.2. The van der Waals surface area contributed by atoms with Crippen molar-refractivity contribution >= 4 is 15.9 Å². The van der Waals surface area contributed by atoms with Gasteiger partial charge in [-0.15, -0.1) is 0 Å². The molecular formula is C25H29FN4O3S. The number of rotatable bonds is 6. The lowest BCUT2D eigenvalue weighted by atomic mass is 9.96. The number of sulfonamides is 1. The fourth-order valence-electron chi connectivity index (χ4n) is 4.49. The average molecular weight is 485 g/mol. The molecule has 0 spiro atoms. The van der Waals surface area contributed by atoms with Crippen LogP contribution < -0.4 is 5.32 Å². The normalized spacial score (nSPS) is 16.4. The molecule has 1 atom stereocenters. The van der Waals surface area contributed by atoms with Crippen LogP contribution >= 0.6 is 0 Å². The summed E-state index contributed by atoms with van der Waals surface area (Å²) in [6.45, 7) is 4.22. The molecule has 0 aliphatic carbocycles. The topological polar surface area (TPSA) is 84.3 Å². The van der Waals surface area contributed by atoms with E-state index in [0.29, 0.717) is 34.7 Å². The third kappa shape index (κ3) is 4.76. The van der Waals surface area contributed by atoms with Crippen molar-refractivity contribution in [3.63, 3.8) is 0 Å². The second-order valence-corrected chi connectivity index (χ2v) is 10.7. The molecule has 2 heterocycles. The highest BCUT2D eigenvalue weighted by atomic mass is 32.2. The van der Waals surface area contributed by atoms with Crippen molar-refractivity contribution in [2.45, 2.75) is 37.6 Å². The maximum atomic E-state index is 14.6. The van der Waals surface area contributed by atoms with E-state index in [1.54, 1.807) is 61.3 Å². The quantitative estimate of drug-likeness (QED) is 0.581. The lowest BCUT2D eigenvalue weighted by Gasteiger charge is -2.32. The highest BCUT2D eigenvalue weighted by molar-refractivity contribution is 7.89. The van der Waals surface area contributed by atoms with Gasteiger partial charge in [-0.05, 0) is 44.4 Å². The zero-order valence-electron chi connectivity index (χ0n) is 19.5. The van der Waals surface area contributed by atoms with E-state index in [-0.39, 0.29) is 24.9 Å². The first kappa shape index (κ1) is 24.1. The summed E-state index contributed by atoms with van der Waals surface area (Å²) >= 11 is 0. The summed E-state index contributed by atoms with van der Waals surface area (Å²) < 4.78 is 44.1. The Morgan fingerprint density at radius 2 is 1.85 bits per heavy atom. The maximum absolute atomic E-state index is 14.6. The molecule has 9 heteroatoms. The van der Waals surface area contributed by atoms with Crippen molar-refractivity contribution in [1.29, 1.82) is 0 Å². The number of aryl methyl sites for hydroxylation is 3. The molecule has 0 bridgehead atoms. The fraction of sp³-hybridized carbons (Fsp3) is 0.360. The number of hydrogen-bond acceptors (Lipinski definition) is 4. The van der Waals surface area contributed by atoms with Gasteiger partial charge in [-0.2, -0.15) is 4.31 Å². The summed E-state index contributed by atoms with van der Waals surface area (Å²) in [5.41, 5.74) is 2.05. The first-order valence-electron chi connectivity index (χ1n) is 11.3. The van der Waals surface area contributed by atoms with Crippen molar-refractivity contribution in [2.24, 2.45) is 13.0 Å². The van der Waals surface area contributed by atoms with Crippen LogP contribution in [0.15, 0.2) is 59.8 Å². The Labute approximate surface area is 199 Å². The zero-order valence-corrected chi connectivity index (χ0v) is 20.3. The number of carbonyl (C=O) groups is 1. The number of amides is 1. The van der Waals surface area contributed by atoms with E-state index in [4.69, 9.17) is 0 Å². The Morgan fingerprint density at radius 1 is 1.15 bits per heavy atom. The van der Waals surface area contributed by atoms with Gasteiger partial charge in [0.15, 0.2) is 0 Å². The number of halogens is 1. The van der Waals surface area contributed by atoms with E-state index < -0.39 is 21.9 Å². The Morgan fingerprint density at radius 3 is 2.47 bits per heavy atom. The van der Waals surface area contributed by atoms with Crippen LogP contribution in [0.25, 0.3) is 0 Å². The second kappa shape index (κ2) is 9.68. The van der Waals surface area contributed by atoms with Crippen molar-refractivity contribution in [3.05, 3.63) is 83.2 Å². The number of imidazole rings is 1. The van der Waals surface area contributed by atoms with Crippen LogP contribution in [0.2, 0.25) is 0 Å². The zero-order chi connectivity index (χ0) is 24.5. The van der Waals surface area contributed by atoms with E-state index >= 15 is 0 Å². The van der Waals surface area contributed by atoms with Gasteiger partial charge in [-0.3, -0.25) is 4.79 Å². The van der Waals surface area contributed by atoms with Crippen LogP contribution in [0, 0.1) is 25.6 Å². The van der Waals surface area contributed by atoms with E-state index in [0.717, 1.165) is 5.56 Å². The van der Waals surface area contributed by atoms with Crippen LogP contribution in [0.4, 0.5) is 4.39 Å². The highest BCUT2D eigenvalue weighted by Crippen LogP contribution is 2.28. The molecule has 0 radical (unpaired) electrons. The van der Waals surface area contributed by atoms with Gasteiger partial charge in [0.25, 0.3) is 0 Å². The monoisotopic (exact) mass is 484 g/mol. The number of carbonyl (C=O) groups excluding carboxylic acids is 1. The Kier molecular flexibility index (Phi) is 6.86. The molecule has 1 amide bonds. The average Bonchev–Trinajstić information content (AvgIpc) is 3.23. The second-order valence-electron chi connectivity index (χ2n) is 8.81. The summed E-state index contributed by atoms with van der Waals surface area (Å²) in [7, 11) is -1.84. The Balaban J connectivity index is 1.48. The largest absolute Gasteiger partial charge is 0.342 e. The number of piperidine rings is 1. The number of aromatic nitrogens is 2. The SMILES string of the molecule is Cc1ccc(S(=O)(=O)N2CCC(C(=O)N[C@H](c3ccccc3F)c3nccn3C)CC2)c(C)c1. The molecule has 3 aromatic rings. The minimum atomic E-state index is -3.63. The van der Waals surface area contributed by atoms with Crippen molar-refractivity contribution in [2.75, 3.05) is 13.1 Å². The maximum Gasteiger partial charge on any atom is 0.243 e. The highest BCUT2D eigenvalue weighted by Gasteiger charge is 2.34. The molecule has 1 aromatic heterocycles. The molecule has 34 heavy (non-hydrogen) atoms. The van der Waals surface area contributed by atoms with Gasteiger partial charge in [0.2, 0.25) is 15.9 Å². The molecule has 1 aliphatic heterocycles. The van der Waals surface area contributed by atoms with Gasteiger partial charge >= 0.3 is 0 Å². The predicted octanol–water partition coefficient (Wildman–Crippen LogP) is 3.48. The molecule has 1 N–H and O–H groups in total. The van der Waals surface area contributed by atoms with Crippen LogP contribution in [0.1, 0.15) is 41.4 Å². The molecular weight excluding hydrogens is 455 g/mol. The third-order valence-electron chi connectivity index (χ3n) is 6.39. The molecule has 180 valence electrons. The van der Waals surface area contributed by atoms with E-state index in [1.165, 1.54) is 10.4 Å². The van der Waals surface area contributed by atoms with Gasteiger partial charge in [0.1, 0.15) is 17.7 Å². The van der Waals surface area contributed by atoms with Gasteiger partial charge in [0, 0.05) is 44.0 Å². The standard InChI is InChI=1S/C25H29FN4O3S/c1-17-8-9-22(18(2)16-17)34(32,33)30-13-10-19(11-14-30)25(31)28-23(24-27-12-15-29(24)3)20-6-4-5-7-21(20)26/h4-9,12,15-16,19,23H,10-11,13-14H2,1-3H3,(H,28,31)/t23-/m1/s1. The molecule has 7 nitrogen and oxygen atoms in total. The van der Waals surface area contributed by atoms with Crippen LogP contribution in [-0.4, -0.2) is 41.3 Å². The van der Waals surface area contributed by atoms with Crippen LogP contribution in [0.5, 0.6) is 0 Å². The molecule has 2 aromatic carbocycles. The third-order valence-corrected chi connectivity index (χ3v) is 8.45. The van der Waals surface area contributed by atoms with Crippen LogP contribution in [0.3, 0.4) is 0 Å². The smallest absolute Gasteiger partial charge is 0.243 e. The Hall–Kier alpha value is -3.04. The van der Waals surface area contributed by atoms with Crippen molar-refractivity contribution in [1.82, 2.24) is 19.2 Å². The van der Waals surface area contributed by atoms with Crippen LogP contribution in [-0.2, 0) is 21.9 Å². The minimum Gasteiger partial charge on any atom is -0.342 e.